The summed E-state index contributed by atoms with van der Waals surface area (Å²) in [5.74, 6) is -1.43. The van der Waals surface area contributed by atoms with E-state index in [1.807, 2.05) is 6.92 Å². The van der Waals surface area contributed by atoms with Crippen LogP contribution in [0.1, 0.15) is 29.7 Å². The third-order valence-corrected chi connectivity index (χ3v) is 5.89. The van der Waals surface area contributed by atoms with Crippen molar-refractivity contribution in [3.8, 4) is 6.07 Å². The predicted octanol–water partition coefficient (Wildman–Crippen LogP) is 2.42. The number of anilines is 2. The highest BCUT2D eigenvalue weighted by Crippen LogP contribution is 2.31. The van der Waals surface area contributed by atoms with E-state index in [2.05, 4.69) is 16.5 Å². The van der Waals surface area contributed by atoms with Crippen LogP contribution in [0.5, 0.6) is 0 Å². The van der Waals surface area contributed by atoms with Crippen LogP contribution in [0.25, 0.3) is 0 Å². The second-order valence-electron chi connectivity index (χ2n) is 8.76. The molecule has 11 heteroatoms. The van der Waals surface area contributed by atoms with Gasteiger partial charge in [0.2, 0.25) is 0 Å². The molecule has 1 aromatic heterocycles. The van der Waals surface area contributed by atoms with Gasteiger partial charge in [-0.1, -0.05) is 6.92 Å². The Morgan fingerprint density at radius 1 is 1.39 bits per heavy atom. The summed E-state index contributed by atoms with van der Waals surface area (Å²) in [5.41, 5.74) is 6.04. The van der Waals surface area contributed by atoms with Gasteiger partial charge in [-0.3, -0.25) is 9.48 Å². The lowest BCUT2D eigenvalue weighted by atomic mass is 9.90. The predicted molar refractivity (Wildman–Crippen MR) is 115 cm³/mol. The first kappa shape index (κ1) is 22.5. The lowest BCUT2D eigenvalue weighted by Gasteiger charge is -2.39. The molecule has 2 saturated heterocycles. The highest BCUT2D eigenvalue weighted by atomic mass is 19.1. The Hall–Kier alpha value is -3.65. The average Bonchev–Trinajstić information content (AvgIpc) is 3.21. The number of primary amides is 1. The van der Waals surface area contributed by atoms with Crippen LogP contribution in [-0.2, 0) is 9.47 Å². The number of piperidine rings is 1. The van der Waals surface area contributed by atoms with Crippen molar-refractivity contribution in [2.24, 2.45) is 17.1 Å². The Morgan fingerprint density at radius 3 is 2.73 bits per heavy atom. The molecule has 0 aliphatic carbocycles. The van der Waals surface area contributed by atoms with E-state index in [4.69, 9.17) is 15.2 Å². The molecule has 10 nitrogen and oxygen atoms in total. The molecule has 3 heterocycles. The molecule has 0 unspecified atom stereocenters. The quantitative estimate of drug-likeness (QED) is 0.681. The molecule has 2 fully saturated rings. The number of ether oxygens (including phenoxy) is 2. The third kappa shape index (κ3) is 4.90. The molecule has 1 aromatic carbocycles. The number of nitrogens with zero attached hydrogens (tertiary/aromatic N) is 4. The molecular weight excluding hydrogens is 431 g/mol. The van der Waals surface area contributed by atoms with E-state index in [0.717, 1.165) is 0 Å². The summed E-state index contributed by atoms with van der Waals surface area (Å²) >= 11 is 0. The highest BCUT2D eigenvalue weighted by Gasteiger charge is 2.38. The minimum Gasteiger partial charge on any atom is -0.449 e. The minimum absolute atomic E-state index is 0.147. The van der Waals surface area contributed by atoms with Gasteiger partial charge < -0.3 is 25.4 Å². The maximum absolute atomic E-state index is 13.2. The Morgan fingerprint density at radius 2 is 2.12 bits per heavy atom. The van der Waals surface area contributed by atoms with Crippen molar-refractivity contribution in [1.29, 1.82) is 5.26 Å². The summed E-state index contributed by atoms with van der Waals surface area (Å²) in [6, 6.07) is 7.46. The van der Waals surface area contributed by atoms with Crippen LogP contribution >= 0.6 is 0 Å². The van der Waals surface area contributed by atoms with Crippen LogP contribution in [0.3, 0.4) is 0 Å². The fourth-order valence-electron chi connectivity index (χ4n) is 3.91. The third-order valence-electron chi connectivity index (χ3n) is 5.89. The Balaban J connectivity index is 1.46. The van der Waals surface area contributed by atoms with Crippen molar-refractivity contribution < 1.29 is 23.5 Å². The minimum atomic E-state index is -0.686. The molecule has 0 bridgehead atoms. The summed E-state index contributed by atoms with van der Waals surface area (Å²) in [6.45, 7) is 3.92. The van der Waals surface area contributed by atoms with Crippen LogP contribution < -0.4 is 11.1 Å². The van der Waals surface area contributed by atoms with E-state index < -0.39 is 23.7 Å². The van der Waals surface area contributed by atoms with E-state index in [1.54, 1.807) is 0 Å². The number of aromatic nitrogens is 2. The molecule has 0 radical (unpaired) electrons. The van der Waals surface area contributed by atoms with Gasteiger partial charge >= 0.3 is 6.09 Å². The fraction of sp³-hybridized carbons (Fsp3) is 0.455. The number of likely N-dealkylation sites (tertiary alicyclic amines) is 1. The second-order valence-corrected chi connectivity index (χ2v) is 8.76. The molecule has 2 atom stereocenters. The summed E-state index contributed by atoms with van der Waals surface area (Å²) in [6.07, 6.45) is 1.48. The fourth-order valence-corrected chi connectivity index (χ4v) is 3.91. The molecular formula is C22H25FN6O4. The number of rotatable bonds is 6. The van der Waals surface area contributed by atoms with E-state index in [9.17, 15) is 19.2 Å². The maximum Gasteiger partial charge on any atom is 0.409 e. The zero-order chi connectivity index (χ0) is 23.6. The van der Waals surface area contributed by atoms with Crippen molar-refractivity contribution >= 4 is 23.5 Å². The van der Waals surface area contributed by atoms with E-state index in [0.29, 0.717) is 31.9 Å². The van der Waals surface area contributed by atoms with Crippen molar-refractivity contribution in [2.45, 2.75) is 19.4 Å². The summed E-state index contributed by atoms with van der Waals surface area (Å²) in [5, 5.41) is 17.2. The molecule has 0 spiro atoms. The molecule has 0 saturated carbocycles. The van der Waals surface area contributed by atoms with Gasteiger partial charge in [0.15, 0.2) is 5.82 Å². The summed E-state index contributed by atoms with van der Waals surface area (Å²) < 4.78 is 25.3. The number of carbonyl (C=O) groups is 2. The van der Waals surface area contributed by atoms with Crippen molar-refractivity contribution in [1.82, 2.24) is 14.7 Å². The summed E-state index contributed by atoms with van der Waals surface area (Å²) in [7, 11) is 0. The lowest BCUT2D eigenvalue weighted by molar-refractivity contribution is -0.128. The monoisotopic (exact) mass is 456 g/mol. The number of hydrogen-bond donors (Lipinski definition) is 2. The molecule has 2 aliphatic rings. The van der Waals surface area contributed by atoms with Gasteiger partial charge in [0, 0.05) is 30.4 Å². The first-order valence-corrected chi connectivity index (χ1v) is 10.6. The maximum atomic E-state index is 13.2. The van der Waals surface area contributed by atoms with Gasteiger partial charge in [0.05, 0.1) is 31.2 Å². The van der Waals surface area contributed by atoms with Crippen LogP contribution in [-0.4, -0.2) is 59.6 Å². The number of carbonyl (C=O) groups excluding carboxylic acids is 2. The van der Waals surface area contributed by atoms with E-state index >= 15 is 0 Å². The second kappa shape index (κ2) is 9.07. The van der Waals surface area contributed by atoms with Crippen molar-refractivity contribution in [2.75, 3.05) is 38.2 Å². The Labute approximate surface area is 190 Å². The number of nitriles is 1. The van der Waals surface area contributed by atoms with Crippen molar-refractivity contribution in [3.63, 3.8) is 0 Å². The van der Waals surface area contributed by atoms with Crippen molar-refractivity contribution in [3.05, 3.63) is 41.8 Å². The molecule has 33 heavy (non-hydrogen) atoms. The van der Waals surface area contributed by atoms with Crippen LogP contribution in [0.15, 0.2) is 30.5 Å². The lowest BCUT2D eigenvalue weighted by Crippen LogP contribution is -2.48. The number of nitrogens with two attached hydrogens (primary N) is 1. The van der Waals surface area contributed by atoms with Crippen LogP contribution in [0.4, 0.5) is 20.7 Å². The zero-order valence-electron chi connectivity index (χ0n) is 18.2. The van der Waals surface area contributed by atoms with Crippen LogP contribution in [0.2, 0.25) is 0 Å². The topological polar surface area (TPSA) is 136 Å². The average molecular weight is 456 g/mol. The zero-order valence-corrected chi connectivity index (χ0v) is 18.2. The van der Waals surface area contributed by atoms with Gasteiger partial charge in [-0.2, -0.15) is 10.4 Å². The van der Waals surface area contributed by atoms with Gasteiger partial charge in [-0.15, -0.1) is 0 Å². The number of hydrogen-bond acceptors (Lipinski definition) is 7. The van der Waals surface area contributed by atoms with E-state index in [-0.39, 0.29) is 36.0 Å². The van der Waals surface area contributed by atoms with E-state index in [1.165, 1.54) is 40.0 Å². The molecule has 3 N–H and O–H groups in total. The molecule has 174 valence electrons. The highest BCUT2D eigenvalue weighted by molar-refractivity contribution is 5.98. The van der Waals surface area contributed by atoms with Gasteiger partial charge in [0.25, 0.3) is 5.91 Å². The molecule has 2 aromatic rings. The van der Waals surface area contributed by atoms with Gasteiger partial charge in [0.1, 0.15) is 18.0 Å². The smallest absolute Gasteiger partial charge is 0.409 e. The number of benzene rings is 1. The van der Waals surface area contributed by atoms with Gasteiger partial charge in [-0.25, -0.2) is 9.18 Å². The largest absolute Gasteiger partial charge is 0.449 e. The van der Waals surface area contributed by atoms with Crippen LogP contribution in [0, 0.1) is 28.5 Å². The molecule has 4 rings (SSSR count). The summed E-state index contributed by atoms with van der Waals surface area (Å²) in [4.78, 5) is 26.0. The first-order chi connectivity index (χ1) is 15.8. The Bertz CT molecular complexity index is 1080. The first-order valence-electron chi connectivity index (χ1n) is 10.6. The normalized spacial score (nSPS) is 21.5. The standard InChI is InChI=1S/C22H25FN6O4/c1-22(11-32-12-22)13-33-21(31)28-7-6-18(14(8-24)9-28)29-10-17(19(25)30)20(27-29)26-16-4-2-15(23)3-5-16/h2-5,10,14,18H,6-7,9,11-13H2,1H3,(H2,25,30)(H,26,27)/t14-,18+/m1/s1. The number of halogens is 1. The Kier molecular flexibility index (Phi) is 6.20. The van der Waals surface area contributed by atoms with Gasteiger partial charge in [-0.05, 0) is 30.7 Å². The molecule has 2 aliphatic heterocycles. The number of amides is 2. The SMILES string of the molecule is CC1(COC(=O)N2CC[C@H](n3cc(C(N)=O)c(Nc4ccc(F)cc4)n3)[C@H](C#N)C2)COC1. The number of nitrogens with one attached hydrogen (secondary N) is 1. The molecule has 2 amide bonds.